The highest BCUT2D eigenvalue weighted by atomic mass is 16.2. The number of nitrogens with two attached hydrogens (primary N) is 1. The summed E-state index contributed by atoms with van der Waals surface area (Å²) in [5, 5.41) is 2.81. The summed E-state index contributed by atoms with van der Waals surface area (Å²) >= 11 is 0. The standard InChI is InChI=1S/C8H18N2O/c1-5(2)7(4)10-8(11)6(3)9/h5-7H,9H2,1-4H3,(H,10,11). The Hall–Kier alpha value is -0.570. The zero-order valence-corrected chi connectivity index (χ0v) is 7.72. The number of carbonyl (C=O) groups excluding carboxylic acids is 1. The molecule has 0 spiro atoms. The lowest BCUT2D eigenvalue weighted by molar-refractivity contribution is -0.122. The Kier molecular flexibility index (Phi) is 4.11. The van der Waals surface area contributed by atoms with Gasteiger partial charge in [0, 0.05) is 6.04 Å². The molecule has 3 nitrogen and oxygen atoms in total. The molecule has 2 atom stereocenters. The van der Waals surface area contributed by atoms with Crippen molar-refractivity contribution in [1.82, 2.24) is 5.32 Å². The van der Waals surface area contributed by atoms with Crippen LogP contribution in [0.2, 0.25) is 0 Å². The third-order valence-corrected chi connectivity index (χ3v) is 1.78. The van der Waals surface area contributed by atoms with Gasteiger partial charge in [0.1, 0.15) is 0 Å². The van der Waals surface area contributed by atoms with Crippen LogP contribution in [0, 0.1) is 5.92 Å². The summed E-state index contributed by atoms with van der Waals surface area (Å²) in [7, 11) is 0. The van der Waals surface area contributed by atoms with Crippen molar-refractivity contribution in [3.8, 4) is 0 Å². The molecule has 66 valence electrons. The summed E-state index contributed by atoms with van der Waals surface area (Å²) in [5.74, 6) is 0.379. The number of nitrogens with one attached hydrogen (secondary N) is 1. The van der Waals surface area contributed by atoms with E-state index in [4.69, 9.17) is 5.73 Å². The molecule has 11 heavy (non-hydrogen) atoms. The molecule has 3 N–H and O–H groups in total. The van der Waals surface area contributed by atoms with Gasteiger partial charge >= 0.3 is 0 Å². The second-order valence-electron chi connectivity index (χ2n) is 3.33. The van der Waals surface area contributed by atoms with Crippen LogP contribution in [0.3, 0.4) is 0 Å². The van der Waals surface area contributed by atoms with Gasteiger partial charge in [-0.1, -0.05) is 13.8 Å². The van der Waals surface area contributed by atoms with E-state index >= 15 is 0 Å². The molecule has 0 radical (unpaired) electrons. The van der Waals surface area contributed by atoms with E-state index in [9.17, 15) is 4.79 Å². The van der Waals surface area contributed by atoms with Crippen LogP contribution in [0.25, 0.3) is 0 Å². The first-order chi connectivity index (χ1) is 4.95. The first-order valence-corrected chi connectivity index (χ1v) is 4.01. The third kappa shape index (κ3) is 3.98. The van der Waals surface area contributed by atoms with Crippen LogP contribution < -0.4 is 11.1 Å². The predicted molar refractivity (Wildman–Crippen MR) is 46.1 cm³/mol. The van der Waals surface area contributed by atoms with Gasteiger partial charge in [-0.15, -0.1) is 0 Å². The highest BCUT2D eigenvalue weighted by Gasteiger charge is 2.12. The number of rotatable bonds is 3. The lowest BCUT2D eigenvalue weighted by Crippen LogP contribution is -2.44. The summed E-state index contributed by atoms with van der Waals surface area (Å²) in [5.41, 5.74) is 5.37. The maximum absolute atomic E-state index is 11.0. The van der Waals surface area contributed by atoms with Crippen molar-refractivity contribution in [3.63, 3.8) is 0 Å². The van der Waals surface area contributed by atoms with Gasteiger partial charge in [0.25, 0.3) is 0 Å². The van der Waals surface area contributed by atoms with E-state index in [0.29, 0.717) is 5.92 Å². The van der Waals surface area contributed by atoms with Gasteiger partial charge < -0.3 is 11.1 Å². The maximum Gasteiger partial charge on any atom is 0.236 e. The van der Waals surface area contributed by atoms with Crippen molar-refractivity contribution in [3.05, 3.63) is 0 Å². The highest BCUT2D eigenvalue weighted by molar-refractivity contribution is 5.81. The molecule has 0 fully saturated rings. The second-order valence-corrected chi connectivity index (χ2v) is 3.33. The third-order valence-electron chi connectivity index (χ3n) is 1.78. The fourth-order valence-corrected chi connectivity index (χ4v) is 0.523. The van der Waals surface area contributed by atoms with Crippen LogP contribution in [-0.2, 0) is 4.79 Å². The Labute approximate surface area is 68.3 Å². The summed E-state index contributed by atoms with van der Waals surface area (Å²) in [6.45, 7) is 7.78. The van der Waals surface area contributed by atoms with Gasteiger partial charge in [-0.2, -0.15) is 0 Å². The van der Waals surface area contributed by atoms with E-state index in [-0.39, 0.29) is 11.9 Å². The van der Waals surface area contributed by atoms with E-state index in [1.54, 1.807) is 6.92 Å². The normalized spacial score (nSPS) is 16.2. The molecule has 0 aliphatic rings. The number of hydrogen-bond acceptors (Lipinski definition) is 2. The topological polar surface area (TPSA) is 55.1 Å². The Morgan fingerprint density at radius 2 is 1.73 bits per heavy atom. The molecular formula is C8H18N2O. The Morgan fingerprint density at radius 3 is 2.00 bits per heavy atom. The zero-order chi connectivity index (χ0) is 9.02. The van der Waals surface area contributed by atoms with E-state index in [0.717, 1.165) is 0 Å². The lowest BCUT2D eigenvalue weighted by atomic mass is 10.1. The largest absolute Gasteiger partial charge is 0.352 e. The first kappa shape index (κ1) is 10.4. The average molecular weight is 158 g/mol. The maximum atomic E-state index is 11.0. The highest BCUT2D eigenvalue weighted by Crippen LogP contribution is 1.99. The minimum atomic E-state index is -0.406. The molecular weight excluding hydrogens is 140 g/mol. The van der Waals surface area contributed by atoms with Gasteiger partial charge in [-0.3, -0.25) is 4.79 Å². The van der Waals surface area contributed by atoms with Crippen LogP contribution in [0.15, 0.2) is 0 Å². The SMILES string of the molecule is CC(N)C(=O)NC(C)C(C)C. The fraction of sp³-hybridized carbons (Fsp3) is 0.875. The quantitative estimate of drug-likeness (QED) is 0.628. The summed E-state index contributed by atoms with van der Waals surface area (Å²) in [6.07, 6.45) is 0. The predicted octanol–water partition coefficient (Wildman–Crippen LogP) is 0.494. The molecule has 0 bridgehead atoms. The molecule has 0 rings (SSSR count). The minimum Gasteiger partial charge on any atom is -0.352 e. The van der Waals surface area contributed by atoms with Gasteiger partial charge in [-0.25, -0.2) is 0 Å². The first-order valence-electron chi connectivity index (χ1n) is 4.01. The average Bonchev–Trinajstić information content (AvgIpc) is 1.87. The van der Waals surface area contributed by atoms with Crippen LogP contribution in [0.1, 0.15) is 27.7 Å². The summed E-state index contributed by atoms with van der Waals surface area (Å²) < 4.78 is 0. The van der Waals surface area contributed by atoms with Crippen LogP contribution >= 0.6 is 0 Å². The molecule has 0 aliphatic carbocycles. The molecule has 0 aromatic heterocycles. The van der Waals surface area contributed by atoms with Crippen molar-refractivity contribution >= 4 is 5.91 Å². The number of carbonyl (C=O) groups is 1. The minimum absolute atomic E-state index is 0.0776. The van der Waals surface area contributed by atoms with E-state index < -0.39 is 6.04 Å². The van der Waals surface area contributed by atoms with E-state index in [1.807, 2.05) is 6.92 Å². The molecule has 3 heteroatoms. The smallest absolute Gasteiger partial charge is 0.236 e. The summed E-state index contributed by atoms with van der Waals surface area (Å²) in [4.78, 5) is 11.0. The molecule has 2 unspecified atom stereocenters. The van der Waals surface area contributed by atoms with Gasteiger partial charge in [0.05, 0.1) is 6.04 Å². The zero-order valence-electron chi connectivity index (χ0n) is 7.72. The fourth-order valence-electron chi connectivity index (χ4n) is 0.523. The van der Waals surface area contributed by atoms with Crippen LogP contribution in [0.5, 0.6) is 0 Å². The molecule has 0 aromatic rings. The van der Waals surface area contributed by atoms with E-state index in [2.05, 4.69) is 19.2 Å². The van der Waals surface area contributed by atoms with Crippen molar-refractivity contribution in [2.45, 2.75) is 39.8 Å². The monoisotopic (exact) mass is 158 g/mol. The molecule has 0 saturated carbocycles. The Morgan fingerprint density at radius 1 is 1.27 bits per heavy atom. The number of hydrogen-bond donors (Lipinski definition) is 2. The number of amides is 1. The molecule has 0 aliphatic heterocycles. The Bertz CT molecular complexity index is 132. The van der Waals surface area contributed by atoms with E-state index in [1.165, 1.54) is 0 Å². The van der Waals surface area contributed by atoms with Gasteiger partial charge in [0.2, 0.25) is 5.91 Å². The van der Waals surface area contributed by atoms with Crippen molar-refractivity contribution < 1.29 is 4.79 Å². The van der Waals surface area contributed by atoms with Crippen molar-refractivity contribution in [2.24, 2.45) is 11.7 Å². The molecule has 0 saturated heterocycles. The van der Waals surface area contributed by atoms with Crippen LogP contribution in [0.4, 0.5) is 0 Å². The lowest BCUT2D eigenvalue weighted by Gasteiger charge is -2.18. The van der Waals surface area contributed by atoms with Crippen molar-refractivity contribution in [1.29, 1.82) is 0 Å². The molecule has 0 heterocycles. The molecule has 0 aromatic carbocycles. The Balaban J connectivity index is 3.76. The van der Waals surface area contributed by atoms with Gasteiger partial charge in [-0.05, 0) is 19.8 Å². The molecule has 1 amide bonds. The summed E-state index contributed by atoms with van der Waals surface area (Å²) in [6, 6.07) is -0.204. The second kappa shape index (κ2) is 4.34. The van der Waals surface area contributed by atoms with Crippen LogP contribution in [-0.4, -0.2) is 18.0 Å². The van der Waals surface area contributed by atoms with Crippen molar-refractivity contribution in [2.75, 3.05) is 0 Å². The van der Waals surface area contributed by atoms with Gasteiger partial charge in [0.15, 0.2) is 0 Å².